The first-order valence-electron chi connectivity index (χ1n) is 7.71. The van der Waals surface area contributed by atoms with Crippen molar-refractivity contribution in [2.24, 2.45) is 11.8 Å². The van der Waals surface area contributed by atoms with Crippen molar-refractivity contribution in [2.75, 3.05) is 18.5 Å². The van der Waals surface area contributed by atoms with Gasteiger partial charge in [-0.15, -0.1) is 0 Å². The first-order valence-corrected chi connectivity index (χ1v) is 7.71. The van der Waals surface area contributed by atoms with Gasteiger partial charge in [-0.3, -0.25) is 0 Å². The monoisotopic (exact) mass is 258 g/mol. The Morgan fingerprint density at radius 1 is 1.26 bits per heavy atom. The summed E-state index contributed by atoms with van der Waals surface area (Å²) >= 11 is 0. The van der Waals surface area contributed by atoms with Crippen LogP contribution in [-0.2, 0) is 13.0 Å². The SMILES string of the molecule is CC1CCC(NCc2ccc3c(c2)CCN3C)C1C. The summed E-state index contributed by atoms with van der Waals surface area (Å²) in [6, 6.07) is 7.69. The highest BCUT2D eigenvalue weighted by Crippen LogP contribution is 2.31. The molecule has 2 heteroatoms. The molecule has 1 aliphatic heterocycles. The minimum absolute atomic E-state index is 0.714. The summed E-state index contributed by atoms with van der Waals surface area (Å²) in [5.74, 6) is 1.70. The highest BCUT2D eigenvalue weighted by molar-refractivity contribution is 5.58. The highest BCUT2D eigenvalue weighted by atomic mass is 15.1. The Labute approximate surface area is 117 Å². The zero-order valence-electron chi connectivity index (χ0n) is 12.4. The Morgan fingerprint density at radius 3 is 2.84 bits per heavy atom. The van der Waals surface area contributed by atoms with Gasteiger partial charge in [0.25, 0.3) is 0 Å². The van der Waals surface area contributed by atoms with Crippen molar-refractivity contribution in [3.63, 3.8) is 0 Å². The van der Waals surface area contributed by atoms with E-state index in [1.54, 1.807) is 0 Å². The lowest BCUT2D eigenvalue weighted by Crippen LogP contribution is -2.31. The van der Waals surface area contributed by atoms with Crippen LogP contribution in [0.15, 0.2) is 18.2 Å². The van der Waals surface area contributed by atoms with Gasteiger partial charge in [0.05, 0.1) is 0 Å². The predicted octanol–water partition coefficient (Wildman–Crippen LogP) is 3.20. The van der Waals surface area contributed by atoms with E-state index < -0.39 is 0 Å². The molecule has 104 valence electrons. The minimum atomic E-state index is 0.714. The number of likely N-dealkylation sites (N-methyl/N-ethyl adjacent to an activating group) is 1. The van der Waals surface area contributed by atoms with E-state index in [9.17, 15) is 0 Å². The van der Waals surface area contributed by atoms with Crippen LogP contribution >= 0.6 is 0 Å². The van der Waals surface area contributed by atoms with Gasteiger partial charge in [-0.25, -0.2) is 0 Å². The van der Waals surface area contributed by atoms with Gasteiger partial charge in [-0.05, 0) is 48.3 Å². The zero-order valence-corrected chi connectivity index (χ0v) is 12.4. The van der Waals surface area contributed by atoms with Crippen molar-refractivity contribution in [2.45, 2.75) is 45.7 Å². The molecule has 0 radical (unpaired) electrons. The third-order valence-corrected chi connectivity index (χ3v) is 5.31. The number of rotatable bonds is 3. The van der Waals surface area contributed by atoms with Gasteiger partial charge in [-0.1, -0.05) is 26.0 Å². The molecule has 0 amide bonds. The molecule has 1 aromatic rings. The minimum Gasteiger partial charge on any atom is -0.374 e. The molecule has 19 heavy (non-hydrogen) atoms. The molecule has 1 aromatic carbocycles. The van der Waals surface area contributed by atoms with Crippen LogP contribution in [0.3, 0.4) is 0 Å². The number of benzene rings is 1. The first-order chi connectivity index (χ1) is 9.15. The molecule has 2 aliphatic rings. The highest BCUT2D eigenvalue weighted by Gasteiger charge is 2.29. The van der Waals surface area contributed by atoms with Crippen LogP contribution in [0.25, 0.3) is 0 Å². The van der Waals surface area contributed by atoms with Crippen LogP contribution in [0.4, 0.5) is 5.69 Å². The fourth-order valence-corrected chi connectivity index (χ4v) is 3.63. The summed E-state index contributed by atoms with van der Waals surface area (Å²) in [5, 5.41) is 3.77. The molecule has 3 rings (SSSR count). The van der Waals surface area contributed by atoms with Crippen LogP contribution in [-0.4, -0.2) is 19.6 Å². The summed E-state index contributed by atoms with van der Waals surface area (Å²) in [6.07, 6.45) is 3.93. The van der Waals surface area contributed by atoms with Crippen LogP contribution in [0.2, 0.25) is 0 Å². The van der Waals surface area contributed by atoms with Gasteiger partial charge in [0.2, 0.25) is 0 Å². The average molecular weight is 258 g/mol. The molecular weight excluding hydrogens is 232 g/mol. The fraction of sp³-hybridized carbons (Fsp3) is 0.647. The zero-order chi connectivity index (χ0) is 13.4. The molecule has 1 heterocycles. The van der Waals surface area contributed by atoms with E-state index in [0.29, 0.717) is 6.04 Å². The predicted molar refractivity (Wildman–Crippen MR) is 81.6 cm³/mol. The third-order valence-electron chi connectivity index (χ3n) is 5.31. The van der Waals surface area contributed by atoms with Gasteiger partial charge >= 0.3 is 0 Å². The maximum Gasteiger partial charge on any atom is 0.0397 e. The van der Waals surface area contributed by atoms with Crippen molar-refractivity contribution in [3.05, 3.63) is 29.3 Å². The molecule has 3 atom stereocenters. The Bertz CT molecular complexity index is 455. The Hall–Kier alpha value is -1.02. The lowest BCUT2D eigenvalue weighted by Gasteiger charge is -2.20. The molecule has 3 unspecified atom stereocenters. The summed E-state index contributed by atoms with van der Waals surface area (Å²) in [6.45, 7) is 6.98. The second-order valence-corrected chi connectivity index (χ2v) is 6.54. The largest absolute Gasteiger partial charge is 0.374 e. The van der Waals surface area contributed by atoms with E-state index >= 15 is 0 Å². The van der Waals surface area contributed by atoms with E-state index in [4.69, 9.17) is 0 Å². The van der Waals surface area contributed by atoms with Crippen molar-refractivity contribution in [3.8, 4) is 0 Å². The molecule has 1 fully saturated rings. The molecule has 1 aliphatic carbocycles. The summed E-state index contributed by atoms with van der Waals surface area (Å²) in [7, 11) is 2.19. The normalized spacial score (nSPS) is 29.8. The lowest BCUT2D eigenvalue weighted by molar-refractivity contribution is 0.370. The number of fused-ring (bicyclic) bond motifs is 1. The maximum atomic E-state index is 3.77. The van der Waals surface area contributed by atoms with Gasteiger partial charge in [-0.2, -0.15) is 0 Å². The van der Waals surface area contributed by atoms with E-state index in [0.717, 1.165) is 18.4 Å². The van der Waals surface area contributed by atoms with Crippen LogP contribution in [0.5, 0.6) is 0 Å². The second-order valence-electron chi connectivity index (χ2n) is 6.54. The summed E-state index contributed by atoms with van der Waals surface area (Å²) < 4.78 is 0. The smallest absolute Gasteiger partial charge is 0.0397 e. The third kappa shape index (κ3) is 2.51. The number of anilines is 1. The molecule has 0 spiro atoms. The molecular formula is C17H26N2. The molecule has 1 saturated carbocycles. The second kappa shape index (κ2) is 5.16. The molecule has 0 saturated heterocycles. The van der Waals surface area contributed by atoms with Crippen molar-refractivity contribution < 1.29 is 0 Å². The maximum absolute atomic E-state index is 3.77. The number of nitrogens with one attached hydrogen (secondary N) is 1. The van der Waals surface area contributed by atoms with Gasteiger partial charge in [0.15, 0.2) is 0 Å². The van der Waals surface area contributed by atoms with E-state index in [1.165, 1.54) is 42.6 Å². The molecule has 1 N–H and O–H groups in total. The fourth-order valence-electron chi connectivity index (χ4n) is 3.63. The molecule has 0 aromatic heterocycles. The summed E-state index contributed by atoms with van der Waals surface area (Å²) in [4.78, 5) is 2.35. The molecule has 0 bridgehead atoms. The summed E-state index contributed by atoms with van der Waals surface area (Å²) in [5.41, 5.74) is 4.39. The van der Waals surface area contributed by atoms with Crippen LogP contribution < -0.4 is 10.2 Å². The first kappa shape index (κ1) is 13.0. The number of hydrogen-bond donors (Lipinski definition) is 1. The van der Waals surface area contributed by atoms with E-state index in [-0.39, 0.29) is 0 Å². The van der Waals surface area contributed by atoms with Gasteiger partial charge in [0, 0.05) is 31.9 Å². The van der Waals surface area contributed by atoms with E-state index in [1.807, 2.05) is 0 Å². The van der Waals surface area contributed by atoms with Crippen molar-refractivity contribution >= 4 is 5.69 Å². The Morgan fingerprint density at radius 2 is 2.11 bits per heavy atom. The number of hydrogen-bond acceptors (Lipinski definition) is 2. The lowest BCUT2D eigenvalue weighted by atomic mass is 9.97. The van der Waals surface area contributed by atoms with Crippen LogP contribution in [0.1, 0.15) is 37.8 Å². The standard InChI is InChI=1S/C17H26N2/c1-12-4-6-16(13(12)2)18-11-14-5-7-17-15(10-14)8-9-19(17)3/h5,7,10,12-13,16,18H,4,6,8-9,11H2,1-3H3. The van der Waals surface area contributed by atoms with Crippen molar-refractivity contribution in [1.29, 1.82) is 0 Å². The van der Waals surface area contributed by atoms with Gasteiger partial charge < -0.3 is 10.2 Å². The topological polar surface area (TPSA) is 15.3 Å². The Balaban J connectivity index is 1.62. The number of nitrogens with zero attached hydrogens (tertiary/aromatic N) is 1. The van der Waals surface area contributed by atoms with Crippen LogP contribution in [0, 0.1) is 11.8 Å². The molecule has 2 nitrogen and oxygen atoms in total. The van der Waals surface area contributed by atoms with Crippen molar-refractivity contribution in [1.82, 2.24) is 5.32 Å². The van der Waals surface area contributed by atoms with E-state index in [2.05, 4.69) is 49.3 Å². The van der Waals surface area contributed by atoms with Gasteiger partial charge in [0.1, 0.15) is 0 Å². The Kier molecular flexibility index (Phi) is 3.53. The average Bonchev–Trinajstić information content (AvgIpc) is 2.93. The quantitative estimate of drug-likeness (QED) is 0.895.